The molecule has 0 aromatic carbocycles. The van der Waals surface area contributed by atoms with Crippen LogP contribution in [-0.4, -0.2) is 15.0 Å². The van der Waals surface area contributed by atoms with Gasteiger partial charge in [0.05, 0.1) is 17.9 Å². The second-order valence-corrected chi connectivity index (χ2v) is 5.84. The van der Waals surface area contributed by atoms with E-state index in [1.807, 2.05) is 11.6 Å². The first-order valence-electron chi connectivity index (χ1n) is 7.46. The maximum atomic E-state index is 5.77. The minimum atomic E-state index is 0.482. The first-order valence-corrected chi connectivity index (χ1v) is 7.46. The Hall–Kier alpha value is -1.16. The van der Waals surface area contributed by atoms with Crippen LogP contribution in [0.5, 0.6) is 0 Å². The Labute approximate surface area is 116 Å². The Balaban J connectivity index is 2.00. The van der Waals surface area contributed by atoms with Crippen LogP contribution in [0.2, 0.25) is 0 Å². The number of nitrogens with two attached hydrogens (primary N) is 1. The summed E-state index contributed by atoms with van der Waals surface area (Å²) in [5.74, 6) is 0.882. The van der Waals surface area contributed by atoms with Crippen LogP contribution in [0, 0.1) is 5.92 Å². The van der Waals surface area contributed by atoms with Crippen molar-refractivity contribution in [2.45, 2.75) is 65.0 Å². The van der Waals surface area contributed by atoms with Crippen LogP contribution >= 0.6 is 0 Å². The largest absolute Gasteiger partial charge is 0.325 e. The number of hydrogen-bond donors (Lipinski definition) is 1. The molecule has 4 heteroatoms. The molecular formula is C15H26N4. The van der Waals surface area contributed by atoms with E-state index in [0.717, 1.165) is 30.2 Å². The van der Waals surface area contributed by atoms with Crippen LogP contribution in [0.15, 0.2) is 12.2 Å². The lowest BCUT2D eigenvalue weighted by Crippen LogP contribution is -2.12. The molecule has 19 heavy (non-hydrogen) atoms. The smallest absolute Gasteiger partial charge is 0.0994 e. The molecule has 2 N–H and O–H groups in total. The summed E-state index contributed by atoms with van der Waals surface area (Å²) in [6.45, 7) is 7.22. The van der Waals surface area contributed by atoms with E-state index in [-0.39, 0.29) is 0 Å². The second kappa shape index (κ2) is 6.85. The summed E-state index contributed by atoms with van der Waals surface area (Å²) in [7, 11) is 0. The third kappa shape index (κ3) is 3.90. The summed E-state index contributed by atoms with van der Waals surface area (Å²) in [6, 6.07) is 0. The normalized spacial score (nSPS) is 16.7. The van der Waals surface area contributed by atoms with Gasteiger partial charge in [0.1, 0.15) is 0 Å². The number of rotatable bonds is 6. The molecule has 1 saturated carbocycles. The number of allylic oxidation sites excluding steroid dienone is 1. The molecule has 2 rings (SSSR count). The summed E-state index contributed by atoms with van der Waals surface area (Å²) >= 11 is 0. The van der Waals surface area contributed by atoms with Gasteiger partial charge in [-0.15, -0.1) is 5.10 Å². The molecule has 0 aliphatic heterocycles. The molecule has 1 aliphatic carbocycles. The third-order valence-electron chi connectivity index (χ3n) is 4.05. The van der Waals surface area contributed by atoms with Gasteiger partial charge < -0.3 is 5.73 Å². The van der Waals surface area contributed by atoms with Crippen molar-refractivity contribution >= 4 is 0 Å². The zero-order valence-corrected chi connectivity index (χ0v) is 12.1. The molecule has 0 saturated heterocycles. The van der Waals surface area contributed by atoms with Gasteiger partial charge >= 0.3 is 0 Å². The molecule has 0 radical (unpaired) electrons. The average Bonchev–Trinajstić information content (AvgIpc) is 2.79. The maximum absolute atomic E-state index is 5.77. The molecule has 4 nitrogen and oxygen atoms in total. The molecule has 0 spiro atoms. The summed E-state index contributed by atoms with van der Waals surface area (Å²) in [5, 5.41) is 8.41. The fourth-order valence-electron chi connectivity index (χ4n) is 3.00. The Bertz CT molecular complexity index is 416. The standard InChI is InChI=1S/C15H26N4/c1-12(2)11-19-15(14(10-16)17-18-19)9-8-13-6-4-3-5-7-13/h13H,1,3-11,16H2,2H3. The molecule has 0 atom stereocenters. The van der Waals surface area contributed by atoms with Gasteiger partial charge in [-0.05, 0) is 25.7 Å². The molecule has 0 unspecified atom stereocenters. The second-order valence-electron chi connectivity index (χ2n) is 5.84. The SMILES string of the molecule is C=C(C)Cn1nnc(CN)c1CCC1CCCCC1. The molecule has 0 bridgehead atoms. The average molecular weight is 262 g/mol. The zero-order valence-electron chi connectivity index (χ0n) is 12.1. The molecule has 106 valence electrons. The van der Waals surface area contributed by atoms with Crippen LogP contribution < -0.4 is 5.73 Å². The predicted octanol–water partition coefficient (Wildman–Crippen LogP) is 2.83. The Morgan fingerprint density at radius 2 is 2.11 bits per heavy atom. The van der Waals surface area contributed by atoms with Crippen LogP contribution in [0.25, 0.3) is 0 Å². The van der Waals surface area contributed by atoms with E-state index in [9.17, 15) is 0 Å². The minimum Gasteiger partial charge on any atom is -0.325 e. The summed E-state index contributed by atoms with van der Waals surface area (Å²) < 4.78 is 1.98. The van der Waals surface area contributed by atoms with E-state index in [2.05, 4.69) is 16.9 Å². The van der Waals surface area contributed by atoms with Crippen LogP contribution in [-0.2, 0) is 19.5 Å². The Kier molecular flexibility index (Phi) is 5.14. The van der Waals surface area contributed by atoms with Crippen molar-refractivity contribution < 1.29 is 0 Å². The van der Waals surface area contributed by atoms with Gasteiger partial charge in [-0.1, -0.05) is 49.5 Å². The van der Waals surface area contributed by atoms with Gasteiger partial charge in [-0.3, -0.25) is 0 Å². The van der Waals surface area contributed by atoms with E-state index >= 15 is 0 Å². The fourth-order valence-corrected chi connectivity index (χ4v) is 3.00. The Morgan fingerprint density at radius 3 is 2.74 bits per heavy atom. The van der Waals surface area contributed by atoms with Crippen molar-refractivity contribution in [2.24, 2.45) is 11.7 Å². The lowest BCUT2D eigenvalue weighted by atomic mass is 9.85. The van der Waals surface area contributed by atoms with Crippen molar-refractivity contribution in [3.05, 3.63) is 23.5 Å². The highest BCUT2D eigenvalue weighted by atomic mass is 15.4. The summed E-state index contributed by atoms with van der Waals surface area (Å²) in [6.07, 6.45) is 9.29. The van der Waals surface area contributed by atoms with Gasteiger partial charge in [0.15, 0.2) is 0 Å². The first-order chi connectivity index (χ1) is 9.20. The number of aromatic nitrogens is 3. The predicted molar refractivity (Wildman–Crippen MR) is 77.6 cm³/mol. The van der Waals surface area contributed by atoms with Gasteiger partial charge in [0.25, 0.3) is 0 Å². The van der Waals surface area contributed by atoms with Crippen LogP contribution in [0.4, 0.5) is 0 Å². The van der Waals surface area contributed by atoms with E-state index < -0.39 is 0 Å². The topological polar surface area (TPSA) is 56.7 Å². The van der Waals surface area contributed by atoms with Crippen molar-refractivity contribution in [3.8, 4) is 0 Å². The van der Waals surface area contributed by atoms with Crippen molar-refractivity contribution in [1.82, 2.24) is 15.0 Å². The van der Waals surface area contributed by atoms with Crippen molar-refractivity contribution in [1.29, 1.82) is 0 Å². The van der Waals surface area contributed by atoms with Crippen molar-refractivity contribution in [2.75, 3.05) is 0 Å². The number of nitrogens with zero attached hydrogens (tertiary/aromatic N) is 3. The van der Waals surface area contributed by atoms with E-state index in [4.69, 9.17) is 5.73 Å². The molecular weight excluding hydrogens is 236 g/mol. The lowest BCUT2D eigenvalue weighted by Gasteiger charge is -2.21. The third-order valence-corrected chi connectivity index (χ3v) is 4.05. The van der Waals surface area contributed by atoms with Gasteiger partial charge in [0.2, 0.25) is 0 Å². The lowest BCUT2D eigenvalue weighted by molar-refractivity contribution is 0.336. The monoisotopic (exact) mass is 262 g/mol. The van der Waals surface area contributed by atoms with Gasteiger partial charge in [0, 0.05) is 6.54 Å². The maximum Gasteiger partial charge on any atom is 0.0994 e. The van der Waals surface area contributed by atoms with E-state index in [0.29, 0.717) is 6.54 Å². The summed E-state index contributed by atoms with van der Waals surface area (Å²) in [4.78, 5) is 0. The molecule has 1 fully saturated rings. The van der Waals surface area contributed by atoms with E-state index in [1.54, 1.807) is 0 Å². The first kappa shape index (κ1) is 14.3. The Morgan fingerprint density at radius 1 is 1.37 bits per heavy atom. The van der Waals surface area contributed by atoms with Gasteiger partial charge in [-0.2, -0.15) is 0 Å². The van der Waals surface area contributed by atoms with E-state index in [1.165, 1.54) is 44.2 Å². The fraction of sp³-hybridized carbons (Fsp3) is 0.733. The molecule has 0 amide bonds. The quantitative estimate of drug-likeness (QED) is 0.802. The minimum absolute atomic E-state index is 0.482. The highest BCUT2D eigenvalue weighted by Gasteiger charge is 2.17. The molecule has 1 heterocycles. The van der Waals surface area contributed by atoms with Crippen molar-refractivity contribution in [3.63, 3.8) is 0 Å². The molecule has 1 aromatic rings. The molecule has 1 aromatic heterocycles. The summed E-state index contributed by atoms with van der Waals surface area (Å²) in [5.41, 5.74) is 9.04. The van der Waals surface area contributed by atoms with Crippen LogP contribution in [0.1, 0.15) is 56.8 Å². The van der Waals surface area contributed by atoms with Gasteiger partial charge in [-0.25, -0.2) is 4.68 Å². The number of hydrogen-bond acceptors (Lipinski definition) is 3. The highest BCUT2D eigenvalue weighted by molar-refractivity contribution is 5.11. The zero-order chi connectivity index (χ0) is 13.7. The highest BCUT2D eigenvalue weighted by Crippen LogP contribution is 2.27. The molecule has 1 aliphatic rings. The van der Waals surface area contributed by atoms with Crippen LogP contribution in [0.3, 0.4) is 0 Å².